The van der Waals surface area contributed by atoms with Crippen LogP contribution in [0.25, 0.3) is 0 Å². The van der Waals surface area contributed by atoms with Crippen molar-refractivity contribution in [1.29, 1.82) is 0 Å². The third-order valence-corrected chi connectivity index (χ3v) is 6.45. The highest BCUT2D eigenvalue weighted by Crippen LogP contribution is 2.44. The highest BCUT2D eigenvalue weighted by Gasteiger charge is 2.40. The Kier molecular flexibility index (Phi) is 9.34. The van der Waals surface area contributed by atoms with Crippen LogP contribution in [-0.4, -0.2) is 57.4 Å². The number of hydrogen-bond acceptors (Lipinski definition) is 5. The van der Waals surface area contributed by atoms with Crippen molar-refractivity contribution in [3.63, 3.8) is 0 Å². The molecule has 0 radical (unpaired) electrons. The second-order valence-corrected chi connectivity index (χ2v) is 8.98. The minimum absolute atomic E-state index is 0.0499. The van der Waals surface area contributed by atoms with Gasteiger partial charge in [0.2, 0.25) is 0 Å². The zero-order chi connectivity index (χ0) is 21.6. The molecule has 0 heterocycles. The van der Waals surface area contributed by atoms with E-state index in [1.54, 1.807) is 0 Å². The first-order valence-corrected chi connectivity index (χ1v) is 11.0. The molecule has 29 heavy (non-hydrogen) atoms. The quantitative estimate of drug-likeness (QED) is 0.417. The number of rotatable bonds is 11. The molecule has 0 aromatic heterocycles. The molecular formula is C23H38O6. The number of carbonyl (C=O) groups is 1. The van der Waals surface area contributed by atoms with Gasteiger partial charge in [0.05, 0.1) is 30.8 Å². The van der Waals surface area contributed by atoms with E-state index < -0.39 is 24.3 Å². The SMILES string of the molecule is CC[C@H](C)CO[C@@H]1C[C@H](O)C=C2C=C[C@H](C)[C@@H](CC[C@@H](O)C[C@@H](O)CC(=O)O)[C@H]21. The zero-order valence-electron chi connectivity index (χ0n) is 17.9. The number of carboxylic acid groups (broad SMARTS) is 1. The van der Waals surface area contributed by atoms with Gasteiger partial charge in [-0.3, -0.25) is 4.79 Å². The average molecular weight is 411 g/mol. The third-order valence-electron chi connectivity index (χ3n) is 6.45. The monoisotopic (exact) mass is 410 g/mol. The molecule has 2 aliphatic rings. The van der Waals surface area contributed by atoms with Gasteiger partial charge >= 0.3 is 5.97 Å². The second kappa shape index (κ2) is 11.3. The summed E-state index contributed by atoms with van der Waals surface area (Å²) in [6.45, 7) is 7.14. The molecule has 0 amide bonds. The number of fused-ring (bicyclic) bond motifs is 1. The van der Waals surface area contributed by atoms with Gasteiger partial charge in [0.1, 0.15) is 0 Å². The van der Waals surface area contributed by atoms with Crippen molar-refractivity contribution < 1.29 is 30.0 Å². The van der Waals surface area contributed by atoms with Crippen molar-refractivity contribution >= 4 is 5.97 Å². The predicted octanol–water partition coefficient (Wildman–Crippen LogP) is 2.91. The summed E-state index contributed by atoms with van der Waals surface area (Å²) in [7, 11) is 0. The Hall–Kier alpha value is -1.21. The molecule has 0 bridgehead atoms. The van der Waals surface area contributed by atoms with Crippen LogP contribution in [-0.2, 0) is 9.53 Å². The smallest absolute Gasteiger partial charge is 0.305 e. The lowest BCUT2D eigenvalue weighted by atomic mass is 9.66. The minimum atomic E-state index is -1.06. The Morgan fingerprint density at radius 1 is 1.31 bits per heavy atom. The maximum Gasteiger partial charge on any atom is 0.305 e. The van der Waals surface area contributed by atoms with E-state index in [0.717, 1.165) is 18.4 Å². The average Bonchev–Trinajstić information content (AvgIpc) is 2.64. The van der Waals surface area contributed by atoms with E-state index in [1.807, 2.05) is 6.08 Å². The van der Waals surface area contributed by atoms with Crippen LogP contribution < -0.4 is 0 Å². The Bertz CT molecular complexity index is 586. The molecule has 4 N–H and O–H groups in total. The maximum absolute atomic E-state index is 10.7. The highest BCUT2D eigenvalue weighted by atomic mass is 16.5. The van der Waals surface area contributed by atoms with E-state index in [-0.39, 0.29) is 30.8 Å². The van der Waals surface area contributed by atoms with E-state index in [1.165, 1.54) is 0 Å². The van der Waals surface area contributed by atoms with E-state index in [4.69, 9.17) is 9.84 Å². The van der Waals surface area contributed by atoms with Gasteiger partial charge < -0.3 is 25.2 Å². The molecule has 0 aromatic rings. The first-order valence-electron chi connectivity index (χ1n) is 11.0. The number of aliphatic hydroxyl groups is 3. The van der Waals surface area contributed by atoms with E-state index in [9.17, 15) is 20.1 Å². The predicted molar refractivity (Wildman–Crippen MR) is 111 cm³/mol. The normalized spacial score (nSPS) is 32.2. The van der Waals surface area contributed by atoms with Crippen LogP contribution >= 0.6 is 0 Å². The first kappa shape index (κ1) is 24.1. The van der Waals surface area contributed by atoms with Crippen LogP contribution in [0.3, 0.4) is 0 Å². The fourth-order valence-corrected chi connectivity index (χ4v) is 4.54. The molecule has 8 atom stereocenters. The summed E-state index contributed by atoms with van der Waals surface area (Å²) in [6.07, 6.45) is 6.49. The van der Waals surface area contributed by atoms with Crippen molar-refractivity contribution in [2.75, 3.05) is 6.61 Å². The Morgan fingerprint density at radius 2 is 2.03 bits per heavy atom. The summed E-state index contributed by atoms with van der Waals surface area (Å²) in [5.41, 5.74) is 1.11. The van der Waals surface area contributed by atoms with Crippen molar-refractivity contribution in [3.8, 4) is 0 Å². The third kappa shape index (κ3) is 7.21. The fraction of sp³-hybridized carbons (Fsp3) is 0.783. The van der Waals surface area contributed by atoms with Gasteiger partial charge in [-0.25, -0.2) is 0 Å². The summed E-state index contributed by atoms with van der Waals surface area (Å²) in [4.78, 5) is 10.7. The molecule has 0 saturated carbocycles. The lowest BCUT2D eigenvalue weighted by Crippen LogP contribution is -2.42. The van der Waals surface area contributed by atoms with Gasteiger partial charge in [-0.2, -0.15) is 0 Å². The fourth-order valence-electron chi connectivity index (χ4n) is 4.54. The summed E-state index contributed by atoms with van der Waals surface area (Å²) in [5, 5.41) is 39.1. The molecule has 0 saturated heterocycles. The van der Waals surface area contributed by atoms with Crippen molar-refractivity contribution in [2.24, 2.45) is 23.7 Å². The highest BCUT2D eigenvalue weighted by molar-refractivity contribution is 5.67. The molecule has 0 aliphatic heterocycles. The van der Waals surface area contributed by atoms with Gasteiger partial charge in [0.15, 0.2) is 0 Å². The molecule has 6 nitrogen and oxygen atoms in total. The largest absolute Gasteiger partial charge is 0.481 e. The van der Waals surface area contributed by atoms with E-state index in [2.05, 4.69) is 32.9 Å². The van der Waals surface area contributed by atoms with E-state index >= 15 is 0 Å². The molecule has 2 aliphatic carbocycles. The standard InChI is InChI=1S/C23H38O6/c1-4-14(2)13-29-21-11-18(25)9-16-6-5-15(3)20(23(16)21)8-7-17(24)10-19(26)12-22(27)28/h5-6,9,14-15,17-21,23-26H,4,7-8,10-13H2,1-3H3,(H,27,28)/t14-,15-,17+,18+,19+,20+,21+,23-/m0/s1. The topological polar surface area (TPSA) is 107 Å². The molecular weight excluding hydrogens is 372 g/mol. The van der Waals surface area contributed by atoms with Gasteiger partial charge in [-0.1, -0.05) is 45.4 Å². The number of allylic oxidation sites excluding steroid dienone is 2. The molecule has 2 rings (SSSR count). The van der Waals surface area contributed by atoms with Crippen LogP contribution in [0.1, 0.15) is 59.3 Å². The number of carboxylic acids is 1. The van der Waals surface area contributed by atoms with Crippen LogP contribution in [0.15, 0.2) is 23.8 Å². The van der Waals surface area contributed by atoms with Crippen molar-refractivity contribution in [1.82, 2.24) is 0 Å². The number of ether oxygens (including phenoxy) is 1. The summed E-state index contributed by atoms with van der Waals surface area (Å²) >= 11 is 0. The molecule has 0 unspecified atom stereocenters. The molecule has 0 spiro atoms. The Labute approximate surface area is 174 Å². The summed E-state index contributed by atoms with van der Waals surface area (Å²) < 4.78 is 6.27. The van der Waals surface area contributed by atoms with Gasteiger partial charge in [-0.15, -0.1) is 0 Å². The number of aliphatic hydroxyl groups excluding tert-OH is 3. The lowest BCUT2D eigenvalue weighted by molar-refractivity contribution is -0.139. The second-order valence-electron chi connectivity index (χ2n) is 8.98. The molecule has 166 valence electrons. The Morgan fingerprint density at radius 3 is 2.69 bits per heavy atom. The van der Waals surface area contributed by atoms with Crippen molar-refractivity contribution in [3.05, 3.63) is 23.8 Å². The van der Waals surface area contributed by atoms with Crippen molar-refractivity contribution in [2.45, 2.75) is 83.7 Å². The molecule has 0 aromatic carbocycles. The van der Waals surface area contributed by atoms with Crippen LogP contribution in [0.5, 0.6) is 0 Å². The van der Waals surface area contributed by atoms with Gasteiger partial charge in [0, 0.05) is 18.9 Å². The van der Waals surface area contributed by atoms with E-state index in [0.29, 0.717) is 31.3 Å². The van der Waals surface area contributed by atoms with Crippen LogP contribution in [0.2, 0.25) is 0 Å². The van der Waals surface area contributed by atoms with Crippen LogP contribution in [0.4, 0.5) is 0 Å². The van der Waals surface area contributed by atoms with Gasteiger partial charge in [0.25, 0.3) is 0 Å². The minimum Gasteiger partial charge on any atom is -0.481 e. The Balaban J connectivity index is 2.03. The summed E-state index contributed by atoms with van der Waals surface area (Å²) in [6, 6.07) is 0. The maximum atomic E-state index is 10.7. The zero-order valence-corrected chi connectivity index (χ0v) is 17.9. The summed E-state index contributed by atoms with van der Waals surface area (Å²) in [5.74, 6) is 0.172. The first-order chi connectivity index (χ1) is 13.7. The number of hydrogen-bond donors (Lipinski definition) is 4. The van der Waals surface area contributed by atoms with Gasteiger partial charge in [-0.05, 0) is 42.6 Å². The number of aliphatic carboxylic acids is 1. The molecule has 6 heteroatoms. The molecule has 0 fully saturated rings. The lowest BCUT2D eigenvalue weighted by Gasteiger charge is -2.43. The van der Waals surface area contributed by atoms with Crippen LogP contribution in [0, 0.1) is 23.7 Å².